The maximum atomic E-state index is 12.9. The van der Waals surface area contributed by atoms with E-state index in [1.807, 2.05) is 19.1 Å². The van der Waals surface area contributed by atoms with Gasteiger partial charge in [-0.05, 0) is 24.3 Å². The number of nitrogens with zero attached hydrogens (tertiary/aromatic N) is 5. The van der Waals surface area contributed by atoms with Crippen molar-refractivity contribution in [3.63, 3.8) is 0 Å². The van der Waals surface area contributed by atoms with Crippen LogP contribution < -0.4 is 4.90 Å². The van der Waals surface area contributed by atoms with Gasteiger partial charge in [-0.15, -0.1) is 0 Å². The lowest BCUT2D eigenvalue weighted by molar-refractivity contribution is 0.0743. The Morgan fingerprint density at radius 2 is 1.94 bits per heavy atom. The summed E-state index contributed by atoms with van der Waals surface area (Å²) in [4.78, 5) is 25.8. The largest absolute Gasteiger partial charge is 0.353 e. The first-order valence-corrected chi connectivity index (χ1v) is 10.8. The van der Waals surface area contributed by atoms with Crippen LogP contribution in [0.1, 0.15) is 23.2 Å². The topological polar surface area (TPSA) is 75.4 Å². The van der Waals surface area contributed by atoms with E-state index in [4.69, 9.17) is 4.52 Å². The number of anilines is 1. The number of hydrogen-bond donors (Lipinski definition) is 0. The third kappa shape index (κ3) is 4.84. The van der Waals surface area contributed by atoms with Gasteiger partial charge in [-0.25, -0.2) is 4.98 Å². The molecule has 10 heteroatoms. The first kappa shape index (κ1) is 21.2. The molecule has 162 valence electrons. The number of benzene rings is 1. The van der Waals surface area contributed by atoms with Crippen LogP contribution in [0.15, 0.2) is 52.0 Å². The highest BCUT2D eigenvalue weighted by atomic mass is 32.2. The van der Waals surface area contributed by atoms with E-state index in [1.54, 1.807) is 35.4 Å². The first-order chi connectivity index (χ1) is 15.0. The lowest BCUT2D eigenvalue weighted by Gasteiger charge is -2.35. The minimum atomic E-state index is -2.57. The number of pyridine rings is 1. The molecule has 0 unspecified atom stereocenters. The van der Waals surface area contributed by atoms with Crippen LogP contribution in [-0.2, 0) is 6.42 Å². The predicted molar refractivity (Wildman–Crippen MR) is 113 cm³/mol. The number of halogens is 2. The molecule has 0 spiro atoms. The zero-order valence-electron chi connectivity index (χ0n) is 16.9. The summed E-state index contributed by atoms with van der Waals surface area (Å²) in [5.41, 5.74) is 1.09. The SMILES string of the molecule is CCc1nc(-c2ccc(N3CCN(C(=O)c4ccccc4SC(F)F)CC3)nc2)no1. The second-order valence-electron chi connectivity index (χ2n) is 6.92. The number of aryl methyl sites for hydroxylation is 1. The Kier molecular flexibility index (Phi) is 6.45. The maximum absolute atomic E-state index is 12.9. The molecule has 7 nitrogen and oxygen atoms in total. The summed E-state index contributed by atoms with van der Waals surface area (Å²) in [7, 11) is 0. The number of rotatable bonds is 6. The highest BCUT2D eigenvalue weighted by Gasteiger charge is 2.25. The fourth-order valence-corrected chi connectivity index (χ4v) is 4.00. The molecule has 0 bridgehead atoms. The summed E-state index contributed by atoms with van der Waals surface area (Å²) >= 11 is 0.399. The van der Waals surface area contributed by atoms with E-state index in [9.17, 15) is 13.6 Å². The quantitative estimate of drug-likeness (QED) is 0.532. The summed E-state index contributed by atoms with van der Waals surface area (Å²) in [5, 5.41) is 3.95. The molecule has 31 heavy (non-hydrogen) atoms. The number of carbonyl (C=O) groups is 1. The summed E-state index contributed by atoms with van der Waals surface area (Å²) in [6.45, 7) is 4.12. The van der Waals surface area contributed by atoms with E-state index >= 15 is 0 Å². The number of alkyl halides is 2. The highest BCUT2D eigenvalue weighted by molar-refractivity contribution is 7.99. The number of hydrogen-bond acceptors (Lipinski definition) is 7. The Hall–Kier alpha value is -3.01. The highest BCUT2D eigenvalue weighted by Crippen LogP contribution is 2.29. The Bertz CT molecular complexity index is 1040. The van der Waals surface area contributed by atoms with Gasteiger partial charge >= 0.3 is 0 Å². The predicted octanol–water partition coefficient (Wildman–Crippen LogP) is 3.97. The molecule has 1 aliphatic rings. The number of thioether (sulfide) groups is 1. The third-order valence-corrected chi connectivity index (χ3v) is 5.79. The smallest absolute Gasteiger partial charge is 0.288 e. The molecule has 3 heterocycles. The minimum Gasteiger partial charge on any atom is -0.353 e. The van der Waals surface area contributed by atoms with Crippen LogP contribution in [0.4, 0.5) is 14.6 Å². The van der Waals surface area contributed by atoms with Crippen molar-refractivity contribution in [2.45, 2.75) is 24.0 Å². The number of aromatic nitrogens is 3. The van der Waals surface area contributed by atoms with Gasteiger partial charge < -0.3 is 14.3 Å². The molecule has 1 saturated heterocycles. The molecule has 1 aromatic carbocycles. The molecule has 0 saturated carbocycles. The van der Waals surface area contributed by atoms with E-state index in [0.29, 0.717) is 66.5 Å². The average Bonchev–Trinajstić information content (AvgIpc) is 3.28. The van der Waals surface area contributed by atoms with E-state index in [1.165, 1.54) is 0 Å². The van der Waals surface area contributed by atoms with Gasteiger partial charge in [0, 0.05) is 49.3 Å². The van der Waals surface area contributed by atoms with Crippen LogP contribution in [0.5, 0.6) is 0 Å². The molecule has 0 aliphatic carbocycles. The Balaban J connectivity index is 1.39. The lowest BCUT2D eigenvalue weighted by atomic mass is 10.1. The number of piperazine rings is 1. The molecular formula is C21H21F2N5O2S. The van der Waals surface area contributed by atoms with Gasteiger partial charge in [-0.3, -0.25) is 4.79 Å². The molecule has 1 aliphatic heterocycles. The minimum absolute atomic E-state index is 0.226. The Morgan fingerprint density at radius 3 is 2.58 bits per heavy atom. The fraction of sp³-hybridized carbons (Fsp3) is 0.333. The molecule has 4 rings (SSSR count). The van der Waals surface area contributed by atoms with E-state index in [2.05, 4.69) is 20.0 Å². The summed E-state index contributed by atoms with van der Waals surface area (Å²) in [5.74, 6) is -0.917. The van der Waals surface area contributed by atoms with Crippen molar-refractivity contribution in [1.82, 2.24) is 20.0 Å². The molecule has 1 fully saturated rings. The normalized spacial score (nSPS) is 14.3. The lowest BCUT2D eigenvalue weighted by Crippen LogP contribution is -2.49. The molecule has 2 aromatic heterocycles. The van der Waals surface area contributed by atoms with Gasteiger partial charge in [0.2, 0.25) is 11.7 Å². The number of amides is 1. The van der Waals surface area contributed by atoms with Crippen molar-refractivity contribution in [2.24, 2.45) is 0 Å². The fourth-order valence-electron chi connectivity index (χ4n) is 3.37. The van der Waals surface area contributed by atoms with Crippen LogP contribution in [-0.4, -0.2) is 57.9 Å². The second kappa shape index (κ2) is 9.42. The van der Waals surface area contributed by atoms with E-state index in [0.717, 1.165) is 11.4 Å². The number of carbonyl (C=O) groups excluding carboxylic acids is 1. The summed E-state index contributed by atoms with van der Waals surface area (Å²) < 4.78 is 30.8. The van der Waals surface area contributed by atoms with Crippen molar-refractivity contribution < 1.29 is 18.1 Å². The van der Waals surface area contributed by atoms with E-state index in [-0.39, 0.29) is 5.91 Å². The van der Waals surface area contributed by atoms with Gasteiger partial charge in [-0.2, -0.15) is 13.8 Å². The zero-order valence-corrected chi connectivity index (χ0v) is 17.7. The molecule has 1 amide bonds. The maximum Gasteiger partial charge on any atom is 0.288 e. The standard InChI is InChI=1S/C21H21F2N5O2S/c1-2-18-25-19(26-30-18)14-7-8-17(24-13-14)27-9-11-28(12-10-27)20(29)15-5-3-4-6-16(15)31-21(22)23/h3-8,13,21H,2,9-12H2,1H3. The van der Waals surface area contributed by atoms with Crippen molar-refractivity contribution in [3.05, 3.63) is 54.0 Å². The Labute approximate surface area is 182 Å². The van der Waals surface area contributed by atoms with Crippen LogP contribution in [0.3, 0.4) is 0 Å². The van der Waals surface area contributed by atoms with Gasteiger partial charge in [0.05, 0.1) is 5.56 Å². The van der Waals surface area contributed by atoms with Crippen LogP contribution in [0.25, 0.3) is 11.4 Å². The second-order valence-corrected chi connectivity index (χ2v) is 7.96. The summed E-state index contributed by atoms with van der Waals surface area (Å²) in [6.07, 6.45) is 2.38. The third-order valence-electron chi connectivity index (χ3n) is 5.00. The van der Waals surface area contributed by atoms with Crippen molar-refractivity contribution >= 4 is 23.5 Å². The van der Waals surface area contributed by atoms with Gasteiger partial charge in [0.1, 0.15) is 5.82 Å². The van der Waals surface area contributed by atoms with Gasteiger partial charge in [0.15, 0.2) is 0 Å². The Morgan fingerprint density at radius 1 is 1.16 bits per heavy atom. The van der Waals surface area contributed by atoms with Crippen molar-refractivity contribution in [3.8, 4) is 11.4 Å². The summed E-state index contributed by atoms with van der Waals surface area (Å²) in [6, 6.07) is 10.3. The first-order valence-electron chi connectivity index (χ1n) is 9.92. The van der Waals surface area contributed by atoms with Gasteiger partial charge in [0.25, 0.3) is 11.7 Å². The van der Waals surface area contributed by atoms with Crippen LogP contribution >= 0.6 is 11.8 Å². The zero-order chi connectivity index (χ0) is 21.8. The van der Waals surface area contributed by atoms with Crippen molar-refractivity contribution in [1.29, 1.82) is 0 Å². The molecular weight excluding hydrogens is 424 g/mol. The molecule has 0 radical (unpaired) electrons. The van der Waals surface area contributed by atoms with Gasteiger partial charge in [-0.1, -0.05) is 36.0 Å². The molecule has 0 N–H and O–H groups in total. The van der Waals surface area contributed by atoms with Crippen LogP contribution in [0, 0.1) is 0 Å². The molecule has 0 atom stereocenters. The average molecular weight is 445 g/mol. The molecule has 3 aromatic rings. The van der Waals surface area contributed by atoms with Crippen molar-refractivity contribution in [2.75, 3.05) is 31.1 Å². The monoisotopic (exact) mass is 445 g/mol. The van der Waals surface area contributed by atoms with Crippen LogP contribution in [0.2, 0.25) is 0 Å². The van der Waals surface area contributed by atoms with E-state index < -0.39 is 5.76 Å².